The molecule has 6 N–H and O–H groups in total. The lowest BCUT2D eigenvalue weighted by Crippen LogP contribution is -2.52. The van der Waals surface area contributed by atoms with E-state index in [0.29, 0.717) is 61.6 Å². The number of para-hydroxylation sites is 2. The maximum absolute atomic E-state index is 13.8. The second-order valence-corrected chi connectivity index (χ2v) is 13.2. The molecule has 0 aromatic heterocycles. The van der Waals surface area contributed by atoms with E-state index in [4.69, 9.17) is 10.5 Å². The van der Waals surface area contributed by atoms with E-state index in [2.05, 4.69) is 16.0 Å². The number of urea groups is 1. The zero-order valence-corrected chi connectivity index (χ0v) is 28.5. The smallest absolute Gasteiger partial charge is 0.317 e. The highest BCUT2D eigenvalue weighted by atomic mass is 16.5. The largest absolute Gasteiger partial charge is 0.487 e. The fraction of sp³-hybridized carbons (Fsp3) is 0.556. The van der Waals surface area contributed by atoms with Crippen LogP contribution in [-0.4, -0.2) is 83.6 Å². The number of fused-ring (bicyclic) bond motifs is 1. The monoisotopic (exact) mass is 664 g/mol. The van der Waals surface area contributed by atoms with Gasteiger partial charge in [0.2, 0.25) is 11.8 Å². The maximum atomic E-state index is 13.8. The Morgan fingerprint density at radius 2 is 1.71 bits per heavy atom. The first-order chi connectivity index (χ1) is 23.0. The summed E-state index contributed by atoms with van der Waals surface area (Å²) < 4.78 is 6.42. The molecule has 0 spiro atoms. The second kappa shape index (κ2) is 17.7. The van der Waals surface area contributed by atoms with Gasteiger partial charge in [-0.05, 0) is 62.9 Å². The van der Waals surface area contributed by atoms with Gasteiger partial charge in [-0.25, -0.2) is 4.79 Å². The quantitative estimate of drug-likeness (QED) is 0.149. The first-order valence-electron chi connectivity index (χ1n) is 17.2. The van der Waals surface area contributed by atoms with Crippen molar-refractivity contribution in [3.8, 4) is 5.75 Å². The van der Waals surface area contributed by atoms with Crippen LogP contribution >= 0.6 is 0 Å². The summed E-state index contributed by atoms with van der Waals surface area (Å²) in [6, 6.07) is 11.7. The van der Waals surface area contributed by atoms with Crippen molar-refractivity contribution >= 4 is 40.8 Å². The van der Waals surface area contributed by atoms with Gasteiger partial charge in [0.05, 0.1) is 36.1 Å². The summed E-state index contributed by atoms with van der Waals surface area (Å²) in [5, 5.41) is 18.8. The van der Waals surface area contributed by atoms with E-state index in [1.807, 2.05) is 13.0 Å². The molecule has 262 valence electrons. The number of likely N-dealkylation sites (N-methyl/N-ethyl adjacent to an activating group) is 1. The highest BCUT2D eigenvalue weighted by molar-refractivity contribution is 6.00. The minimum atomic E-state index is -0.441. The molecule has 2 aliphatic rings. The van der Waals surface area contributed by atoms with E-state index in [0.717, 1.165) is 25.7 Å². The van der Waals surface area contributed by atoms with Gasteiger partial charge in [-0.15, -0.1) is 0 Å². The predicted octanol–water partition coefficient (Wildman–Crippen LogP) is 4.99. The molecule has 2 aromatic carbocycles. The molecular formula is C36H52N6O6. The molecule has 4 rings (SSSR count). The number of nitrogens with zero attached hydrogens (tertiary/aromatic N) is 2. The van der Waals surface area contributed by atoms with Crippen LogP contribution in [0.5, 0.6) is 5.75 Å². The number of nitrogens with one attached hydrogen (secondary N) is 3. The molecule has 12 heteroatoms. The van der Waals surface area contributed by atoms with Crippen molar-refractivity contribution in [2.24, 2.45) is 5.92 Å². The van der Waals surface area contributed by atoms with E-state index in [1.165, 1.54) is 6.42 Å². The van der Waals surface area contributed by atoms with E-state index >= 15 is 0 Å². The van der Waals surface area contributed by atoms with Gasteiger partial charge in [0.15, 0.2) is 0 Å². The summed E-state index contributed by atoms with van der Waals surface area (Å²) in [4.78, 5) is 55.1. The Balaban J connectivity index is 1.34. The van der Waals surface area contributed by atoms with E-state index in [1.54, 1.807) is 60.2 Å². The highest BCUT2D eigenvalue weighted by Gasteiger charge is 2.34. The predicted molar refractivity (Wildman–Crippen MR) is 187 cm³/mol. The van der Waals surface area contributed by atoms with Gasteiger partial charge in [0.1, 0.15) is 11.9 Å². The number of nitrogen functional groups attached to an aromatic ring is 1. The molecule has 1 saturated carbocycles. The number of carbonyl (C=O) groups excluding carboxylic acids is 4. The summed E-state index contributed by atoms with van der Waals surface area (Å²) in [7, 11) is 1.75. The van der Waals surface area contributed by atoms with Crippen LogP contribution in [0, 0.1) is 5.92 Å². The maximum Gasteiger partial charge on any atom is 0.317 e. The summed E-state index contributed by atoms with van der Waals surface area (Å²) in [5.74, 6) is -0.398. The van der Waals surface area contributed by atoms with Crippen molar-refractivity contribution in [3.05, 3.63) is 48.0 Å². The van der Waals surface area contributed by atoms with Crippen LogP contribution in [0.4, 0.5) is 21.9 Å². The molecule has 1 aliphatic carbocycles. The van der Waals surface area contributed by atoms with Crippen LogP contribution in [-0.2, 0) is 9.59 Å². The number of aliphatic hydroxyl groups is 1. The minimum Gasteiger partial charge on any atom is -0.487 e. The molecule has 1 aliphatic heterocycles. The van der Waals surface area contributed by atoms with Crippen LogP contribution in [0.3, 0.4) is 0 Å². The fourth-order valence-corrected chi connectivity index (χ4v) is 6.20. The van der Waals surface area contributed by atoms with Crippen LogP contribution in [0.15, 0.2) is 42.5 Å². The van der Waals surface area contributed by atoms with Gasteiger partial charge in [0, 0.05) is 44.1 Å². The van der Waals surface area contributed by atoms with Crippen molar-refractivity contribution < 1.29 is 29.0 Å². The third kappa shape index (κ3) is 10.3. The number of rotatable bonds is 13. The lowest BCUT2D eigenvalue weighted by Gasteiger charge is -2.38. The Morgan fingerprint density at radius 3 is 2.40 bits per heavy atom. The van der Waals surface area contributed by atoms with Crippen molar-refractivity contribution in [1.29, 1.82) is 0 Å². The highest BCUT2D eigenvalue weighted by Crippen LogP contribution is 2.31. The number of ether oxygens (including phenoxy) is 1. The summed E-state index contributed by atoms with van der Waals surface area (Å²) in [5.41, 5.74) is 7.72. The molecule has 0 radical (unpaired) electrons. The van der Waals surface area contributed by atoms with Gasteiger partial charge in [0.25, 0.3) is 5.91 Å². The van der Waals surface area contributed by atoms with Gasteiger partial charge in [-0.2, -0.15) is 0 Å². The first kappa shape index (κ1) is 36.5. The summed E-state index contributed by atoms with van der Waals surface area (Å²) in [6.07, 6.45) is 7.52. The van der Waals surface area contributed by atoms with Crippen molar-refractivity contribution in [3.63, 3.8) is 0 Å². The lowest BCUT2D eigenvalue weighted by molar-refractivity contribution is -0.116. The van der Waals surface area contributed by atoms with Gasteiger partial charge in [-0.3, -0.25) is 14.4 Å². The molecule has 1 fully saturated rings. The Labute approximate surface area is 283 Å². The average molecular weight is 665 g/mol. The number of amides is 5. The number of carbonyl (C=O) groups is 4. The second-order valence-electron chi connectivity index (χ2n) is 13.2. The standard InChI is InChI=1S/C36H52N6O6/c1-24-21-42(25(2)23-43)35(46)28-20-27(38-33(44)16-8-5-9-17-34(45)40-30-15-11-10-14-29(30)37)18-19-31(28)48-32(24)22-41(3)36(47)39-26-12-6-4-7-13-26/h10-11,14-15,18-20,24-26,32,43H,4-9,12-13,16-17,21-23,37H2,1-3H3,(H,38,44)(H,39,47)(H,40,45)/t24-,25-,32-/m1/s1. The SMILES string of the molecule is C[C@@H]1CN([C@H](C)CO)C(=O)c2cc(NC(=O)CCCCCC(=O)Nc3ccccc3N)ccc2O[C@@H]1CN(C)C(=O)NC1CCCCC1. The normalized spacial score (nSPS) is 18.8. The zero-order valence-electron chi connectivity index (χ0n) is 28.5. The van der Waals surface area contributed by atoms with E-state index < -0.39 is 12.1 Å². The van der Waals surface area contributed by atoms with Crippen molar-refractivity contribution in [2.45, 2.75) is 96.2 Å². The molecular weight excluding hydrogens is 612 g/mol. The number of aliphatic hydroxyl groups excluding tert-OH is 1. The molecule has 12 nitrogen and oxygen atoms in total. The third-order valence-electron chi connectivity index (χ3n) is 9.22. The number of hydrogen-bond acceptors (Lipinski definition) is 7. The first-order valence-corrected chi connectivity index (χ1v) is 17.2. The summed E-state index contributed by atoms with van der Waals surface area (Å²) >= 11 is 0. The molecule has 2 aromatic rings. The van der Waals surface area contributed by atoms with Gasteiger partial charge < -0.3 is 41.3 Å². The Bertz CT molecular complexity index is 1410. The number of benzene rings is 2. The van der Waals surface area contributed by atoms with Crippen molar-refractivity contribution in [1.82, 2.24) is 15.1 Å². The zero-order chi connectivity index (χ0) is 34.6. The average Bonchev–Trinajstić information content (AvgIpc) is 3.07. The van der Waals surface area contributed by atoms with E-state index in [9.17, 15) is 24.3 Å². The summed E-state index contributed by atoms with van der Waals surface area (Å²) in [6.45, 7) is 4.21. The molecule has 0 saturated heterocycles. The van der Waals surface area contributed by atoms with Crippen LogP contribution in [0.25, 0.3) is 0 Å². The minimum absolute atomic E-state index is 0.124. The van der Waals surface area contributed by atoms with Gasteiger partial charge in [-0.1, -0.05) is 44.7 Å². The Morgan fingerprint density at radius 1 is 1.02 bits per heavy atom. The number of unbranched alkanes of at least 4 members (excludes halogenated alkanes) is 2. The third-order valence-corrected chi connectivity index (χ3v) is 9.22. The molecule has 0 unspecified atom stereocenters. The van der Waals surface area contributed by atoms with Crippen molar-refractivity contribution in [2.75, 3.05) is 43.1 Å². The molecule has 3 atom stereocenters. The molecule has 5 amide bonds. The molecule has 48 heavy (non-hydrogen) atoms. The number of anilines is 3. The topological polar surface area (TPSA) is 166 Å². The number of nitrogens with two attached hydrogens (primary N) is 1. The van der Waals surface area contributed by atoms with Crippen LogP contribution in [0.2, 0.25) is 0 Å². The fourth-order valence-electron chi connectivity index (χ4n) is 6.20. The van der Waals surface area contributed by atoms with Gasteiger partial charge >= 0.3 is 6.03 Å². The molecule has 1 heterocycles. The Kier molecular flexibility index (Phi) is 13.5. The molecule has 0 bridgehead atoms. The van der Waals surface area contributed by atoms with Crippen LogP contribution in [0.1, 0.15) is 88.4 Å². The van der Waals surface area contributed by atoms with Crippen LogP contribution < -0.4 is 26.4 Å². The number of hydrogen-bond donors (Lipinski definition) is 5. The van der Waals surface area contributed by atoms with E-state index in [-0.39, 0.29) is 54.3 Å². The Hall–Kier alpha value is -4.32. The lowest BCUT2D eigenvalue weighted by atomic mass is 9.96.